The summed E-state index contributed by atoms with van der Waals surface area (Å²) in [7, 11) is 1.56. The van der Waals surface area contributed by atoms with Crippen LogP contribution in [0.25, 0.3) is 16.8 Å². The summed E-state index contributed by atoms with van der Waals surface area (Å²) in [4.78, 5) is 42.8. The highest BCUT2D eigenvalue weighted by Gasteiger charge is 2.41. The summed E-state index contributed by atoms with van der Waals surface area (Å²) in [5.74, 6) is -0.329. The molecule has 1 aromatic heterocycles. The van der Waals surface area contributed by atoms with E-state index in [1.807, 2.05) is 60.7 Å². The van der Waals surface area contributed by atoms with Crippen LogP contribution in [-0.4, -0.2) is 28.4 Å². The molecule has 6 heteroatoms. The van der Waals surface area contributed by atoms with Gasteiger partial charge in [-0.05, 0) is 40.3 Å². The van der Waals surface area contributed by atoms with Gasteiger partial charge in [0.05, 0.1) is 24.9 Å². The van der Waals surface area contributed by atoms with E-state index in [-0.39, 0.29) is 28.8 Å². The van der Waals surface area contributed by atoms with Gasteiger partial charge in [0.15, 0.2) is 0 Å². The number of imide groups is 1. The largest absolute Gasteiger partial charge is 0.497 e. The molecule has 0 saturated carbocycles. The van der Waals surface area contributed by atoms with Gasteiger partial charge < -0.3 is 4.74 Å². The van der Waals surface area contributed by atoms with Crippen molar-refractivity contribution in [1.29, 1.82) is 0 Å². The Hall–Kier alpha value is -4.45. The number of hydrogen-bond donors (Lipinski definition) is 0. The Morgan fingerprint density at radius 2 is 1.49 bits per heavy atom. The Labute approximate surface area is 215 Å². The summed E-state index contributed by atoms with van der Waals surface area (Å²) in [5.41, 5.74) is 2.99. The van der Waals surface area contributed by atoms with Crippen molar-refractivity contribution in [1.82, 2.24) is 9.47 Å². The lowest BCUT2D eigenvalue weighted by atomic mass is 9.85. The Kier molecular flexibility index (Phi) is 6.04. The fourth-order valence-corrected chi connectivity index (χ4v) is 4.85. The van der Waals surface area contributed by atoms with Crippen LogP contribution < -0.4 is 10.3 Å². The first-order chi connectivity index (χ1) is 17.7. The quantitative estimate of drug-likeness (QED) is 0.340. The third-order valence-corrected chi connectivity index (χ3v) is 6.64. The van der Waals surface area contributed by atoms with Gasteiger partial charge in [0.2, 0.25) is 0 Å². The van der Waals surface area contributed by atoms with Gasteiger partial charge in [-0.3, -0.25) is 23.9 Å². The molecule has 0 N–H and O–H groups in total. The fraction of sp³-hybridized carbons (Fsp3) is 0.194. The number of aromatic nitrogens is 1. The molecule has 37 heavy (non-hydrogen) atoms. The van der Waals surface area contributed by atoms with Gasteiger partial charge in [0, 0.05) is 11.6 Å². The number of fused-ring (bicyclic) bond motifs is 1. The highest BCUT2D eigenvalue weighted by Crippen LogP contribution is 2.36. The average molecular weight is 493 g/mol. The molecule has 0 radical (unpaired) electrons. The summed E-state index contributed by atoms with van der Waals surface area (Å²) in [6, 6.07) is 25.5. The SMILES string of the molecule is COc1cccc(-c2cc(=O)n(-c3ccccc3C(C)(C)C)c3c2C(=O)N(Cc2ccccc2)C3=O)c1. The molecular weight excluding hydrogens is 464 g/mol. The predicted molar refractivity (Wildman–Crippen MR) is 143 cm³/mol. The van der Waals surface area contributed by atoms with E-state index in [4.69, 9.17) is 4.74 Å². The average Bonchev–Trinajstić information content (AvgIpc) is 3.13. The molecule has 0 saturated heterocycles. The van der Waals surface area contributed by atoms with Gasteiger partial charge in [0.1, 0.15) is 11.4 Å². The first kappa shape index (κ1) is 24.3. The normalized spacial score (nSPS) is 13.1. The van der Waals surface area contributed by atoms with E-state index in [1.54, 1.807) is 25.3 Å². The van der Waals surface area contributed by atoms with E-state index < -0.39 is 11.8 Å². The molecule has 0 fully saturated rings. The number of rotatable bonds is 5. The van der Waals surface area contributed by atoms with Crippen LogP contribution in [0, 0.1) is 0 Å². The van der Waals surface area contributed by atoms with Crippen molar-refractivity contribution in [2.45, 2.75) is 32.7 Å². The number of hydrogen-bond acceptors (Lipinski definition) is 4. The molecule has 0 bridgehead atoms. The van der Waals surface area contributed by atoms with Gasteiger partial charge in [-0.2, -0.15) is 0 Å². The molecule has 186 valence electrons. The standard InChI is InChI=1S/C31H28N2O4/c1-31(2,3)24-15-8-9-16-25(24)33-26(34)18-23(21-13-10-14-22(17-21)37-4)27-28(33)30(36)32(29(27)35)19-20-11-6-5-7-12-20/h5-18H,19H2,1-4H3. The van der Waals surface area contributed by atoms with E-state index in [0.29, 0.717) is 22.6 Å². The van der Waals surface area contributed by atoms with E-state index in [9.17, 15) is 14.4 Å². The fourth-order valence-electron chi connectivity index (χ4n) is 4.85. The van der Waals surface area contributed by atoms with Crippen molar-refractivity contribution in [2.75, 3.05) is 7.11 Å². The third-order valence-electron chi connectivity index (χ3n) is 6.64. The predicted octanol–water partition coefficient (Wildman–Crippen LogP) is 5.61. The van der Waals surface area contributed by atoms with Crippen molar-refractivity contribution < 1.29 is 14.3 Å². The Balaban J connectivity index is 1.80. The Morgan fingerprint density at radius 3 is 2.19 bits per heavy atom. The number of para-hydroxylation sites is 1. The highest BCUT2D eigenvalue weighted by atomic mass is 16.5. The number of methoxy groups -OCH3 is 1. The molecule has 2 heterocycles. The monoisotopic (exact) mass is 492 g/mol. The number of nitrogens with zero attached hydrogens (tertiary/aromatic N) is 2. The maximum Gasteiger partial charge on any atom is 0.278 e. The van der Waals surface area contributed by atoms with Gasteiger partial charge in [-0.15, -0.1) is 0 Å². The van der Waals surface area contributed by atoms with Gasteiger partial charge in [-0.25, -0.2) is 0 Å². The summed E-state index contributed by atoms with van der Waals surface area (Å²) in [6.45, 7) is 6.27. The van der Waals surface area contributed by atoms with Crippen LogP contribution in [0.15, 0.2) is 89.7 Å². The maximum absolute atomic E-state index is 13.9. The van der Waals surface area contributed by atoms with Crippen molar-refractivity contribution in [3.8, 4) is 22.6 Å². The molecule has 0 atom stereocenters. The van der Waals surface area contributed by atoms with E-state index >= 15 is 0 Å². The first-order valence-electron chi connectivity index (χ1n) is 12.1. The molecule has 6 nitrogen and oxygen atoms in total. The molecule has 2 amide bonds. The second-order valence-corrected chi connectivity index (χ2v) is 10.1. The number of carbonyl (C=O) groups is 2. The van der Waals surface area contributed by atoms with E-state index in [1.165, 1.54) is 15.5 Å². The Bertz CT molecular complexity index is 1580. The molecule has 0 spiro atoms. The highest BCUT2D eigenvalue weighted by molar-refractivity contribution is 6.23. The van der Waals surface area contributed by atoms with Crippen LogP contribution in [-0.2, 0) is 12.0 Å². The van der Waals surface area contributed by atoms with Crippen LogP contribution in [0.1, 0.15) is 52.7 Å². The van der Waals surface area contributed by atoms with Crippen molar-refractivity contribution >= 4 is 11.8 Å². The lowest BCUT2D eigenvalue weighted by molar-refractivity contribution is 0.0639. The smallest absolute Gasteiger partial charge is 0.278 e. The maximum atomic E-state index is 13.9. The second kappa shape index (κ2) is 9.21. The number of benzene rings is 3. The van der Waals surface area contributed by atoms with Gasteiger partial charge in [0.25, 0.3) is 17.4 Å². The van der Waals surface area contributed by atoms with Crippen molar-refractivity contribution in [3.05, 3.63) is 118 Å². The molecule has 0 unspecified atom stereocenters. The molecule has 3 aromatic carbocycles. The van der Waals surface area contributed by atoms with Crippen LogP contribution in [0.2, 0.25) is 0 Å². The number of ether oxygens (including phenoxy) is 1. The molecule has 4 aromatic rings. The molecule has 1 aliphatic rings. The van der Waals surface area contributed by atoms with E-state index in [2.05, 4.69) is 20.8 Å². The summed E-state index contributed by atoms with van der Waals surface area (Å²) in [6.07, 6.45) is 0. The minimum absolute atomic E-state index is 0.0861. The third kappa shape index (κ3) is 4.25. The first-order valence-corrected chi connectivity index (χ1v) is 12.1. The van der Waals surface area contributed by atoms with E-state index in [0.717, 1.165) is 11.1 Å². The number of pyridine rings is 1. The number of carbonyl (C=O) groups excluding carboxylic acids is 2. The summed E-state index contributed by atoms with van der Waals surface area (Å²) in [5, 5.41) is 0. The van der Waals surface area contributed by atoms with Gasteiger partial charge in [-0.1, -0.05) is 81.4 Å². The molecule has 5 rings (SSSR count). The minimum atomic E-state index is -0.491. The lowest BCUT2D eigenvalue weighted by Crippen LogP contribution is -2.31. The lowest BCUT2D eigenvalue weighted by Gasteiger charge is -2.24. The summed E-state index contributed by atoms with van der Waals surface area (Å²) >= 11 is 0. The minimum Gasteiger partial charge on any atom is -0.497 e. The Morgan fingerprint density at radius 1 is 0.784 bits per heavy atom. The zero-order valence-corrected chi connectivity index (χ0v) is 21.3. The zero-order chi connectivity index (χ0) is 26.3. The van der Waals surface area contributed by atoms with Crippen molar-refractivity contribution in [3.63, 3.8) is 0 Å². The summed E-state index contributed by atoms with van der Waals surface area (Å²) < 4.78 is 6.78. The zero-order valence-electron chi connectivity index (χ0n) is 21.3. The second-order valence-electron chi connectivity index (χ2n) is 10.1. The molecular formula is C31H28N2O4. The van der Waals surface area contributed by atoms with Crippen LogP contribution in [0.3, 0.4) is 0 Å². The molecule has 0 aliphatic carbocycles. The van der Waals surface area contributed by atoms with Crippen LogP contribution >= 0.6 is 0 Å². The number of amides is 2. The van der Waals surface area contributed by atoms with Gasteiger partial charge >= 0.3 is 0 Å². The molecule has 1 aliphatic heterocycles. The van der Waals surface area contributed by atoms with Crippen LogP contribution in [0.5, 0.6) is 5.75 Å². The van der Waals surface area contributed by atoms with Crippen molar-refractivity contribution in [2.24, 2.45) is 0 Å². The topological polar surface area (TPSA) is 68.6 Å². The van der Waals surface area contributed by atoms with Crippen LogP contribution in [0.4, 0.5) is 0 Å².